The van der Waals surface area contributed by atoms with Gasteiger partial charge in [0.05, 0.1) is 24.1 Å². The van der Waals surface area contributed by atoms with Crippen molar-refractivity contribution in [1.82, 2.24) is 9.97 Å². The van der Waals surface area contributed by atoms with Gasteiger partial charge in [-0.15, -0.1) is 0 Å². The van der Waals surface area contributed by atoms with Gasteiger partial charge in [-0.3, -0.25) is 0 Å². The number of morpholine rings is 1. The van der Waals surface area contributed by atoms with Gasteiger partial charge < -0.3 is 9.64 Å². The average Bonchev–Trinajstić information content (AvgIpc) is 2.17. The third kappa shape index (κ3) is 2.45. The molecule has 81 valence electrons. The van der Waals surface area contributed by atoms with E-state index in [-0.39, 0.29) is 12.2 Å². The molecule has 0 amide bonds. The summed E-state index contributed by atoms with van der Waals surface area (Å²) in [4.78, 5) is 10.5. The van der Waals surface area contributed by atoms with Crippen molar-refractivity contribution in [2.75, 3.05) is 18.0 Å². The van der Waals surface area contributed by atoms with Crippen molar-refractivity contribution < 1.29 is 4.74 Å². The number of rotatable bonds is 1. The topological polar surface area (TPSA) is 38.2 Å². The van der Waals surface area contributed by atoms with E-state index in [0.717, 1.165) is 24.6 Å². The second kappa shape index (κ2) is 4.14. The molecular formula is C11H16N3O. The first-order chi connectivity index (χ1) is 7.15. The lowest BCUT2D eigenvalue weighted by Crippen LogP contribution is -2.45. The molecular weight excluding hydrogens is 190 g/mol. The van der Waals surface area contributed by atoms with E-state index in [2.05, 4.69) is 34.9 Å². The number of ether oxygens (including phenoxy) is 1. The third-order valence-electron chi connectivity index (χ3n) is 2.47. The Morgan fingerprint density at radius 3 is 2.60 bits per heavy atom. The zero-order chi connectivity index (χ0) is 10.8. The van der Waals surface area contributed by atoms with Gasteiger partial charge in [0, 0.05) is 13.1 Å². The molecule has 1 radical (unpaired) electrons. The first-order valence-electron chi connectivity index (χ1n) is 5.27. The van der Waals surface area contributed by atoms with E-state index in [9.17, 15) is 0 Å². The van der Waals surface area contributed by atoms with Crippen LogP contribution in [-0.2, 0) is 4.74 Å². The lowest BCUT2D eigenvalue weighted by molar-refractivity contribution is -0.00526. The van der Waals surface area contributed by atoms with E-state index < -0.39 is 0 Å². The Balaban J connectivity index is 2.12. The quantitative estimate of drug-likeness (QED) is 0.692. The van der Waals surface area contributed by atoms with Crippen LogP contribution in [0.3, 0.4) is 0 Å². The van der Waals surface area contributed by atoms with Crippen LogP contribution < -0.4 is 4.90 Å². The summed E-state index contributed by atoms with van der Waals surface area (Å²) in [5.74, 6) is 0.758. The van der Waals surface area contributed by atoms with Crippen LogP contribution in [0.2, 0.25) is 0 Å². The fourth-order valence-electron chi connectivity index (χ4n) is 1.88. The van der Waals surface area contributed by atoms with E-state index in [1.807, 2.05) is 13.1 Å². The maximum Gasteiger partial charge on any atom is 0.126 e. The molecule has 1 aromatic rings. The largest absolute Gasteiger partial charge is 0.372 e. The monoisotopic (exact) mass is 206 g/mol. The third-order valence-corrected chi connectivity index (χ3v) is 2.47. The van der Waals surface area contributed by atoms with Crippen molar-refractivity contribution in [1.29, 1.82) is 0 Å². The molecule has 0 aliphatic carbocycles. The molecule has 0 bridgehead atoms. The molecule has 1 aliphatic rings. The van der Waals surface area contributed by atoms with E-state index in [1.165, 1.54) is 0 Å². The number of anilines is 1. The second-order valence-corrected chi connectivity index (χ2v) is 4.08. The smallest absolute Gasteiger partial charge is 0.126 e. The van der Waals surface area contributed by atoms with Crippen LogP contribution in [-0.4, -0.2) is 35.3 Å². The Bertz CT molecular complexity index is 315. The molecule has 1 saturated heterocycles. The van der Waals surface area contributed by atoms with Crippen LogP contribution in [0.5, 0.6) is 0 Å². The second-order valence-electron chi connectivity index (χ2n) is 4.08. The summed E-state index contributed by atoms with van der Waals surface area (Å²) in [6.45, 7) is 7.79. The summed E-state index contributed by atoms with van der Waals surface area (Å²) in [5, 5.41) is 0. The van der Waals surface area contributed by atoms with Gasteiger partial charge in [0.15, 0.2) is 0 Å². The molecule has 4 heteroatoms. The summed E-state index contributed by atoms with van der Waals surface area (Å²) in [7, 11) is 0. The minimum Gasteiger partial charge on any atom is -0.372 e. The van der Waals surface area contributed by atoms with E-state index >= 15 is 0 Å². The predicted octanol–water partition coefficient (Wildman–Crippen LogP) is 1.20. The first kappa shape index (κ1) is 10.4. The maximum atomic E-state index is 5.67. The van der Waals surface area contributed by atoms with Crippen LogP contribution in [0, 0.1) is 13.1 Å². The van der Waals surface area contributed by atoms with Crippen LogP contribution in [0.1, 0.15) is 19.7 Å². The van der Waals surface area contributed by atoms with Crippen molar-refractivity contribution in [2.45, 2.75) is 33.0 Å². The highest BCUT2D eigenvalue weighted by atomic mass is 16.5. The first-order valence-corrected chi connectivity index (χ1v) is 5.27. The zero-order valence-corrected chi connectivity index (χ0v) is 9.40. The van der Waals surface area contributed by atoms with Crippen LogP contribution in [0.15, 0.2) is 6.20 Å². The summed E-state index contributed by atoms with van der Waals surface area (Å²) in [5.41, 5.74) is 0.961. The van der Waals surface area contributed by atoms with Gasteiger partial charge in [0.1, 0.15) is 12.0 Å². The lowest BCUT2D eigenvalue weighted by atomic mass is 10.2. The normalized spacial score (nSPS) is 26.7. The molecule has 2 rings (SSSR count). The summed E-state index contributed by atoms with van der Waals surface area (Å²) >= 11 is 0. The van der Waals surface area contributed by atoms with Crippen molar-refractivity contribution >= 4 is 5.69 Å². The van der Waals surface area contributed by atoms with Crippen molar-refractivity contribution in [3.63, 3.8) is 0 Å². The minimum absolute atomic E-state index is 0.253. The average molecular weight is 206 g/mol. The van der Waals surface area contributed by atoms with Crippen LogP contribution in [0.25, 0.3) is 0 Å². The Labute approximate surface area is 90.3 Å². The lowest BCUT2D eigenvalue weighted by Gasteiger charge is -2.36. The van der Waals surface area contributed by atoms with Gasteiger partial charge in [0.2, 0.25) is 0 Å². The molecule has 0 N–H and O–H groups in total. The number of hydrogen-bond acceptors (Lipinski definition) is 4. The van der Waals surface area contributed by atoms with Gasteiger partial charge in [-0.1, -0.05) is 0 Å². The number of aromatic nitrogens is 2. The molecule has 0 saturated carbocycles. The number of nitrogens with zero attached hydrogens (tertiary/aromatic N) is 3. The molecule has 2 heterocycles. The molecule has 1 fully saturated rings. The van der Waals surface area contributed by atoms with Crippen molar-refractivity contribution in [3.8, 4) is 0 Å². The minimum atomic E-state index is 0.253. The Kier molecular flexibility index (Phi) is 2.86. The predicted molar refractivity (Wildman–Crippen MR) is 57.8 cm³/mol. The number of hydrogen-bond donors (Lipinski definition) is 0. The highest BCUT2D eigenvalue weighted by Gasteiger charge is 2.22. The van der Waals surface area contributed by atoms with Crippen LogP contribution in [0.4, 0.5) is 5.69 Å². The summed E-state index contributed by atoms with van der Waals surface area (Å²) < 4.78 is 5.67. The molecule has 15 heavy (non-hydrogen) atoms. The van der Waals surface area contributed by atoms with E-state index in [1.54, 1.807) is 0 Å². The van der Waals surface area contributed by atoms with Crippen molar-refractivity contribution in [3.05, 3.63) is 18.2 Å². The molecule has 4 nitrogen and oxygen atoms in total. The van der Waals surface area contributed by atoms with Gasteiger partial charge in [-0.05, 0) is 20.8 Å². The van der Waals surface area contributed by atoms with E-state index in [0.29, 0.717) is 0 Å². The van der Waals surface area contributed by atoms with Gasteiger partial charge >= 0.3 is 0 Å². The highest BCUT2D eigenvalue weighted by Crippen LogP contribution is 2.17. The fourth-order valence-corrected chi connectivity index (χ4v) is 1.88. The fraction of sp³-hybridized carbons (Fsp3) is 0.636. The molecule has 0 aromatic carbocycles. The molecule has 1 aliphatic heterocycles. The van der Waals surface area contributed by atoms with Crippen LogP contribution >= 0.6 is 0 Å². The summed E-state index contributed by atoms with van der Waals surface area (Å²) in [6.07, 6.45) is 5.34. The summed E-state index contributed by atoms with van der Waals surface area (Å²) in [6, 6.07) is 0. The van der Waals surface area contributed by atoms with Crippen molar-refractivity contribution in [2.24, 2.45) is 0 Å². The van der Waals surface area contributed by atoms with Gasteiger partial charge in [-0.25, -0.2) is 9.97 Å². The zero-order valence-electron chi connectivity index (χ0n) is 9.40. The Hall–Kier alpha value is -1.16. The highest BCUT2D eigenvalue weighted by molar-refractivity contribution is 5.41. The van der Waals surface area contributed by atoms with E-state index in [4.69, 9.17) is 4.74 Å². The maximum absolute atomic E-state index is 5.67. The molecule has 0 unspecified atom stereocenters. The molecule has 0 spiro atoms. The SMILES string of the molecule is Cc1n[c]c(N2C[C@@H](C)O[C@@H](C)C2)cn1. The Morgan fingerprint density at radius 1 is 1.40 bits per heavy atom. The Morgan fingerprint density at radius 2 is 2.07 bits per heavy atom. The molecule has 2 atom stereocenters. The number of aryl methyl sites for hydroxylation is 1. The standard InChI is InChI=1S/C11H16N3O/c1-8-6-14(7-9(2)15-8)11-4-12-10(3)13-5-11/h4,8-9H,6-7H2,1-3H3/t8-,9+. The van der Waals surface area contributed by atoms with Gasteiger partial charge in [0.25, 0.3) is 0 Å². The molecule has 1 aromatic heterocycles. The van der Waals surface area contributed by atoms with Gasteiger partial charge in [-0.2, -0.15) is 0 Å².